The maximum absolute atomic E-state index is 9.30. The molecule has 0 spiro atoms. The predicted octanol–water partition coefficient (Wildman–Crippen LogP) is 1.56. The number of hydrogen-bond acceptors (Lipinski definition) is 3. The number of rotatable bonds is 4. The summed E-state index contributed by atoms with van der Waals surface area (Å²) in [7, 11) is -1.47. The fourth-order valence-corrected chi connectivity index (χ4v) is 1.94. The molecular weight excluding hydrogens is 239 g/mol. The van der Waals surface area contributed by atoms with Crippen molar-refractivity contribution in [2.75, 3.05) is 0 Å². The third-order valence-electron chi connectivity index (χ3n) is 3.06. The molecule has 2 rings (SSSR count). The van der Waals surface area contributed by atoms with Crippen LogP contribution < -0.4 is 10.2 Å². The summed E-state index contributed by atoms with van der Waals surface area (Å²) in [5, 5.41) is 18.6. The van der Waals surface area contributed by atoms with Crippen molar-refractivity contribution in [3.8, 4) is 5.75 Å². The fourth-order valence-electron chi connectivity index (χ4n) is 1.94. The number of hydrogen-bond donors (Lipinski definition) is 2. The quantitative estimate of drug-likeness (QED) is 0.816. The van der Waals surface area contributed by atoms with Crippen molar-refractivity contribution in [3.63, 3.8) is 0 Å². The van der Waals surface area contributed by atoms with Crippen LogP contribution in [0.5, 0.6) is 5.75 Å². The van der Waals surface area contributed by atoms with Crippen LogP contribution in [-0.2, 0) is 6.61 Å². The lowest BCUT2D eigenvalue weighted by Gasteiger charge is -2.12. The molecule has 4 heteroatoms. The lowest BCUT2D eigenvalue weighted by atomic mass is 9.77. The van der Waals surface area contributed by atoms with Crippen LogP contribution in [-0.4, -0.2) is 17.2 Å². The van der Waals surface area contributed by atoms with Crippen LogP contribution in [0.25, 0.3) is 0 Å². The lowest BCUT2D eigenvalue weighted by molar-refractivity contribution is 0.304. The maximum atomic E-state index is 9.30. The van der Waals surface area contributed by atoms with E-state index < -0.39 is 7.12 Å². The number of aryl methyl sites for hydroxylation is 2. The summed E-state index contributed by atoms with van der Waals surface area (Å²) in [5.41, 5.74) is 3.45. The Balaban J connectivity index is 2.17. The number of ether oxygens (including phenoxy) is 1. The molecule has 0 aliphatic rings. The van der Waals surface area contributed by atoms with Gasteiger partial charge in [0.2, 0.25) is 0 Å². The van der Waals surface area contributed by atoms with E-state index in [2.05, 4.69) is 0 Å². The monoisotopic (exact) mass is 256 g/mol. The second-order valence-corrected chi connectivity index (χ2v) is 4.63. The van der Waals surface area contributed by atoms with E-state index in [0.717, 1.165) is 22.4 Å². The molecular formula is C15H17BO3. The highest BCUT2D eigenvalue weighted by Gasteiger charge is 2.15. The Hall–Kier alpha value is -1.78. The van der Waals surface area contributed by atoms with Crippen molar-refractivity contribution >= 4 is 12.6 Å². The molecule has 2 aromatic carbocycles. The topological polar surface area (TPSA) is 49.7 Å². The van der Waals surface area contributed by atoms with Gasteiger partial charge in [0.1, 0.15) is 12.4 Å². The van der Waals surface area contributed by atoms with Gasteiger partial charge in [-0.1, -0.05) is 36.4 Å². The van der Waals surface area contributed by atoms with Crippen molar-refractivity contribution in [1.82, 2.24) is 0 Å². The Morgan fingerprint density at radius 1 is 1.05 bits per heavy atom. The van der Waals surface area contributed by atoms with Gasteiger partial charge in [0.05, 0.1) is 0 Å². The normalized spacial score (nSPS) is 10.3. The van der Waals surface area contributed by atoms with Crippen LogP contribution in [0.15, 0.2) is 42.5 Å². The average Bonchev–Trinajstić information content (AvgIpc) is 2.40. The first-order valence-corrected chi connectivity index (χ1v) is 6.22. The molecule has 0 amide bonds. The second kappa shape index (κ2) is 5.91. The van der Waals surface area contributed by atoms with Gasteiger partial charge >= 0.3 is 7.12 Å². The van der Waals surface area contributed by atoms with E-state index in [1.807, 2.05) is 44.2 Å². The molecule has 0 unspecified atom stereocenters. The zero-order valence-corrected chi connectivity index (χ0v) is 11.1. The van der Waals surface area contributed by atoms with Gasteiger partial charge < -0.3 is 14.8 Å². The van der Waals surface area contributed by atoms with Crippen molar-refractivity contribution in [3.05, 3.63) is 59.2 Å². The van der Waals surface area contributed by atoms with Crippen LogP contribution in [0.1, 0.15) is 16.7 Å². The predicted molar refractivity (Wildman–Crippen MR) is 76.5 cm³/mol. The summed E-state index contributed by atoms with van der Waals surface area (Å²) in [6, 6.07) is 13.2. The lowest BCUT2D eigenvalue weighted by Crippen LogP contribution is -2.33. The minimum atomic E-state index is -1.47. The molecule has 0 aliphatic carbocycles. The summed E-state index contributed by atoms with van der Waals surface area (Å²) in [6.45, 7) is 4.32. The van der Waals surface area contributed by atoms with E-state index in [1.54, 1.807) is 12.1 Å². The van der Waals surface area contributed by atoms with Crippen molar-refractivity contribution in [2.24, 2.45) is 0 Å². The van der Waals surface area contributed by atoms with E-state index >= 15 is 0 Å². The zero-order chi connectivity index (χ0) is 13.8. The molecule has 19 heavy (non-hydrogen) atoms. The Morgan fingerprint density at radius 3 is 2.53 bits per heavy atom. The van der Waals surface area contributed by atoms with E-state index in [9.17, 15) is 10.0 Å². The molecule has 0 radical (unpaired) electrons. The molecule has 98 valence electrons. The van der Waals surface area contributed by atoms with Gasteiger partial charge in [-0.2, -0.15) is 0 Å². The van der Waals surface area contributed by atoms with E-state index in [-0.39, 0.29) is 0 Å². The Morgan fingerprint density at radius 2 is 1.79 bits per heavy atom. The summed E-state index contributed by atoms with van der Waals surface area (Å²) in [5.74, 6) is 0.822. The molecule has 0 fully saturated rings. The van der Waals surface area contributed by atoms with Gasteiger partial charge in [0, 0.05) is 0 Å². The molecule has 0 aromatic heterocycles. The standard InChI is InChI=1S/C15H17BO3/c1-11-7-8-12(2)15(9-11)19-10-13-5-3-4-6-14(13)16(17)18/h3-9,17-18H,10H2,1-2H3. The van der Waals surface area contributed by atoms with Gasteiger partial charge in [-0.3, -0.25) is 0 Å². The molecule has 0 atom stereocenters. The molecule has 0 bridgehead atoms. The Bertz CT molecular complexity index is 567. The van der Waals surface area contributed by atoms with Gasteiger partial charge in [-0.05, 0) is 42.1 Å². The van der Waals surface area contributed by atoms with Crippen molar-refractivity contribution in [2.45, 2.75) is 20.5 Å². The Labute approximate surface area is 113 Å². The molecule has 2 N–H and O–H groups in total. The highest BCUT2D eigenvalue weighted by molar-refractivity contribution is 6.59. The Kier molecular flexibility index (Phi) is 4.25. The molecule has 0 saturated carbocycles. The third-order valence-corrected chi connectivity index (χ3v) is 3.06. The van der Waals surface area contributed by atoms with Crippen LogP contribution in [0.3, 0.4) is 0 Å². The van der Waals surface area contributed by atoms with Crippen molar-refractivity contribution in [1.29, 1.82) is 0 Å². The van der Waals surface area contributed by atoms with Crippen LogP contribution in [0, 0.1) is 13.8 Å². The minimum Gasteiger partial charge on any atom is -0.489 e. The third kappa shape index (κ3) is 3.37. The summed E-state index contributed by atoms with van der Waals surface area (Å²) >= 11 is 0. The minimum absolute atomic E-state index is 0.318. The fraction of sp³-hybridized carbons (Fsp3) is 0.200. The zero-order valence-electron chi connectivity index (χ0n) is 11.1. The van der Waals surface area contributed by atoms with E-state index in [4.69, 9.17) is 4.74 Å². The maximum Gasteiger partial charge on any atom is 0.488 e. The van der Waals surface area contributed by atoms with Gasteiger partial charge in [-0.15, -0.1) is 0 Å². The van der Waals surface area contributed by atoms with Crippen LogP contribution in [0.2, 0.25) is 0 Å². The summed E-state index contributed by atoms with van der Waals surface area (Å²) < 4.78 is 5.77. The number of benzene rings is 2. The molecule has 2 aromatic rings. The SMILES string of the molecule is Cc1ccc(C)c(OCc2ccccc2B(O)O)c1. The van der Waals surface area contributed by atoms with Gasteiger partial charge in [0.25, 0.3) is 0 Å². The summed E-state index contributed by atoms with van der Waals surface area (Å²) in [4.78, 5) is 0. The second-order valence-electron chi connectivity index (χ2n) is 4.63. The highest BCUT2D eigenvalue weighted by atomic mass is 16.5. The average molecular weight is 256 g/mol. The smallest absolute Gasteiger partial charge is 0.488 e. The van der Waals surface area contributed by atoms with E-state index in [0.29, 0.717) is 12.1 Å². The molecule has 3 nitrogen and oxygen atoms in total. The largest absolute Gasteiger partial charge is 0.489 e. The first-order chi connectivity index (χ1) is 9.08. The van der Waals surface area contributed by atoms with E-state index in [1.165, 1.54) is 0 Å². The van der Waals surface area contributed by atoms with Crippen LogP contribution >= 0.6 is 0 Å². The van der Waals surface area contributed by atoms with Crippen LogP contribution in [0.4, 0.5) is 0 Å². The molecule has 0 saturated heterocycles. The summed E-state index contributed by atoms with van der Waals surface area (Å²) in [6.07, 6.45) is 0. The van der Waals surface area contributed by atoms with Gasteiger partial charge in [-0.25, -0.2) is 0 Å². The first-order valence-electron chi connectivity index (χ1n) is 6.22. The molecule has 0 heterocycles. The van der Waals surface area contributed by atoms with Gasteiger partial charge in [0.15, 0.2) is 0 Å². The first kappa shape index (κ1) is 13.7. The molecule has 0 aliphatic heterocycles. The highest BCUT2D eigenvalue weighted by Crippen LogP contribution is 2.20. The van der Waals surface area contributed by atoms with Crippen molar-refractivity contribution < 1.29 is 14.8 Å².